The van der Waals surface area contributed by atoms with Gasteiger partial charge in [0.05, 0.1) is 26.2 Å². The molecule has 0 radical (unpaired) electrons. The molecule has 3 aromatic carbocycles. The number of hydrogen-bond acceptors (Lipinski definition) is 5. The molecule has 2 aliphatic heterocycles. The normalized spacial score (nSPS) is 20.4. The molecule has 2 fully saturated rings. The molecule has 0 bridgehead atoms. The number of methoxy groups -OCH3 is 1. The van der Waals surface area contributed by atoms with Crippen LogP contribution in [-0.2, 0) is 16.1 Å². The Kier molecular flexibility index (Phi) is 7.51. The maximum atomic E-state index is 14.1. The summed E-state index contributed by atoms with van der Waals surface area (Å²) in [4.78, 5) is 44.5. The second-order valence-electron chi connectivity index (χ2n) is 9.84. The molecule has 2 aliphatic rings. The zero-order valence-electron chi connectivity index (χ0n) is 22.4. The maximum absolute atomic E-state index is 14.1. The van der Waals surface area contributed by atoms with Gasteiger partial charge in [-0.05, 0) is 35.7 Å². The van der Waals surface area contributed by atoms with Gasteiger partial charge in [0.25, 0.3) is 5.91 Å². The van der Waals surface area contributed by atoms with Gasteiger partial charge < -0.3 is 19.9 Å². The number of piperazine rings is 1. The number of fused-ring (bicyclic) bond motifs is 1. The predicted molar refractivity (Wildman–Crippen MR) is 146 cm³/mol. The molecule has 5 rings (SSSR count). The van der Waals surface area contributed by atoms with Gasteiger partial charge in [0.1, 0.15) is 18.0 Å². The van der Waals surface area contributed by atoms with Crippen molar-refractivity contribution in [3.63, 3.8) is 0 Å². The number of carbonyl (C=O) groups excluding carboxylic acids is 3. The molecule has 9 nitrogen and oxygen atoms in total. The van der Waals surface area contributed by atoms with Crippen LogP contribution in [0.15, 0.2) is 84.9 Å². The van der Waals surface area contributed by atoms with Crippen LogP contribution in [0.25, 0.3) is 0 Å². The highest BCUT2D eigenvalue weighted by Crippen LogP contribution is 2.37. The fourth-order valence-electron chi connectivity index (χ4n) is 5.38. The quantitative estimate of drug-likeness (QED) is 0.530. The van der Waals surface area contributed by atoms with E-state index in [0.29, 0.717) is 12.1 Å². The van der Waals surface area contributed by atoms with Crippen LogP contribution in [0.2, 0.25) is 0 Å². The Balaban J connectivity index is 1.47. The molecule has 0 aromatic heterocycles. The average Bonchev–Trinajstić information content (AvgIpc) is 2.96. The third-order valence-corrected chi connectivity index (χ3v) is 7.45. The van der Waals surface area contributed by atoms with E-state index in [1.165, 1.54) is 0 Å². The molecular formula is C30H33N5O4. The summed E-state index contributed by atoms with van der Waals surface area (Å²) in [6.45, 7) is 2.45. The van der Waals surface area contributed by atoms with Gasteiger partial charge in [-0.2, -0.15) is 0 Å². The second kappa shape index (κ2) is 11.2. The van der Waals surface area contributed by atoms with Crippen molar-refractivity contribution in [2.24, 2.45) is 0 Å². The van der Waals surface area contributed by atoms with E-state index in [-0.39, 0.29) is 37.0 Å². The minimum absolute atomic E-state index is 0.0166. The van der Waals surface area contributed by atoms with Crippen molar-refractivity contribution in [2.75, 3.05) is 27.2 Å². The van der Waals surface area contributed by atoms with Crippen molar-refractivity contribution in [3.05, 3.63) is 102 Å². The first kappa shape index (κ1) is 26.2. The lowest BCUT2D eigenvalue weighted by Crippen LogP contribution is -2.73. The zero-order valence-corrected chi connectivity index (χ0v) is 22.4. The third kappa shape index (κ3) is 5.18. The first-order valence-corrected chi connectivity index (χ1v) is 13.0. The van der Waals surface area contributed by atoms with Crippen LogP contribution in [0.3, 0.4) is 0 Å². The molecule has 202 valence electrons. The standard InChI is InChI=1S/C30H33N5O4/c1-21(23-10-6-4-7-11-23)33-19-26-34(28(29(33)37)24-12-8-5-9-13-24)27(36)20-32(2)35(26)30(38)31-18-22-14-16-25(39-3)17-15-22/h4-17,21,26,28H,18-20H2,1-3H3,(H,31,38)/t21-,26-,28-/m0/s1. The van der Waals surface area contributed by atoms with Gasteiger partial charge in [-0.1, -0.05) is 72.8 Å². The molecule has 3 atom stereocenters. The van der Waals surface area contributed by atoms with Crippen LogP contribution in [-0.4, -0.2) is 71.1 Å². The summed E-state index contributed by atoms with van der Waals surface area (Å²) in [5.41, 5.74) is 2.61. The van der Waals surface area contributed by atoms with E-state index in [2.05, 4.69) is 5.32 Å². The van der Waals surface area contributed by atoms with E-state index < -0.39 is 12.2 Å². The van der Waals surface area contributed by atoms with E-state index in [0.717, 1.165) is 16.9 Å². The topological polar surface area (TPSA) is 85.4 Å². The summed E-state index contributed by atoms with van der Waals surface area (Å²) >= 11 is 0. The molecule has 0 spiro atoms. The highest BCUT2D eigenvalue weighted by molar-refractivity contribution is 5.92. The van der Waals surface area contributed by atoms with E-state index in [1.54, 1.807) is 34.0 Å². The number of urea groups is 1. The van der Waals surface area contributed by atoms with Crippen LogP contribution in [0.5, 0.6) is 5.75 Å². The van der Waals surface area contributed by atoms with E-state index in [1.807, 2.05) is 91.9 Å². The molecule has 2 saturated heterocycles. The number of rotatable bonds is 6. The highest BCUT2D eigenvalue weighted by atomic mass is 16.5. The lowest BCUT2D eigenvalue weighted by atomic mass is 9.96. The van der Waals surface area contributed by atoms with E-state index >= 15 is 0 Å². The van der Waals surface area contributed by atoms with Crippen molar-refractivity contribution in [3.8, 4) is 5.75 Å². The molecule has 9 heteroatoms. The number of ether oxygens (including phenoxy) is 1. The van der Waals surface area contributed by atoms with Gasteiger partial charge in [0.15, 0.2) is 0 Å². The number of benzene rings is 3. The maximum Gasteiger partial charge on any atom is 0.334 e. The number of carbonyl (C=O) groups is 3. The van der Waals surface area contributed by atoms with Gasteiger partial charge in [0, 0.05) is 13.6 Å². The highest BCUT2D eigenvalue weighted by Gasteiger charge is 2.52. The van der Waals surface area contributed by atoms with Crippen LogP contribution in [0.1, 0.15) is 35.7 Å². The number of hydrogen-bond donors (Lipinski definition) is 1. The average molecular weight is 528 g/mol. The van der Waals surface area contributed by atoms with Gasteiger partial charge in [-0.25, -0.2) is 14.8 Å². The summed E-state index contributed by atoms with van der Waals surface area (Å²) in [5.74, 6) is 0.377. The Morgan fingerprint density at radius 3 is 2.26 bits per heavy atom. The van der Waals surface area contributed by atoms with E-state index in [9.17, 15) is 14.4 Å². The van der Waals surface area contributed by atoms with Gasteiger partial charge in [-0.15, -0.1) is 0 Å². The van der Waals surface area contributed by atoms with Crippen molar-refractivity contribution in [2.45, 2.75) is 31.7 Å². The minimum atomic E-state index is -0.839. The summed E-state index contributed by atoms with van der Waals surface area (Å²) in [6, 6.07) is 25.1. The van der Waals surface area contributed by atoms with Gasteiger partial charge in [-0.3, -0.25) is 9.59 Å². The SMILES string of the molecule is COc1ccc(CNC(=O)N2[C@H]3CN([C@@H](C)c4ccccc4)C(=O)[C@H](c4ccccc4)N3C(=O)CN2C)cc1. The fourth-order valence-corrected chi connectivity index (χ4v) is 5.38. The Labute approximate surface area is 228 Å². The number of nitrogens with one attached hydrogen (secondary N) is 1. The molecule has 2 heterocycles. The molecule has 3 aromatic rings. The summed E-state index contributed by atoms with van der Waals surface area (Å²) in [5, 5.41) is 6.19. The Morgan fingerprint density at radius 2 is 1.62 bits per heavy atom. The summed E-state index contributed by atoms with van der Waals surface area (Å²) < 4.78 is 5.22. The number of likely N-dealkylation sites (N-methyl/N-ethyl adjacent to an activating group) is 1. The monoisotopic (exact) mass is 527 g/mol. The second-order valence-corrected chi connectivity index (χ2v) is 9.84. The van der Waals surface area contributed by atoms with Crippen molar-refractivity contribution in [1.29, 1.82) is 0 Å². The van der Waals surface area contributed by atoms with E-state index in [4.69, 9.17) is 4.74 Å². The number of amides is 4. The van der Waals surface area contributed by atoms with Crippen LogP contribution in [0, 0.1) is 0 Å². The van der Waals surface area contributed by atoms with Gasteiger partial charge >= 0.3 is 6.03 Å². The van der Waals surface area contributed by atoms with Crippen molar-refractivity contribution >= 4 is 17.8 Å². The largest absolute Gasteiger partial charge is 0.497 e. The lowest BCUT2D eigenvalue weighted by molar-refractivity contribution is -0.189. The fraction of sp³-hybridized carbons (Fsp3) is 0.300. The zero-order chi connectivity index (χ0) is 27.5. The number of nitrogens with zero attached hydrogens (tertiary/aromatic N) is 4. The van der Waals surface area contributed by atoms with Crippen molar-refractivity contribution in [1.82, 2.24) is 25.1 Å². The molecule has 1 N–H and O–H groups in total. The third-order valence-electron chi connectivity index (χ3n) is 7.45. The molecule has 0 aliphatic carbocycles. The number of hydrazine groups is 1. The van der Waals surface area contributed by atoms with Gasteiger partial charge in [0.2, 0.25) is 5.91 Å². The lowest BCUT2D eigenvalue weighted by Gasteiger charge is -2.55. The summed E-state index contributed by atoms with van der Waals surface area (Å²) in [6.07, 6.45) is -0.679. The smallest absolute Gasteiger partial charge is 0.334 e. The first-order chi connectivity index (χ1) is 18.9. The minimum Gasteiger partial charge on any atom is -0.497 e. The molecule has 0 unspecified atom stereocenters. The Bertz CT molecular complexity index is 1320. The van der Waals surface area contributed by atoms with Crippen LogP contribution >= 0.6 is 0 Å². The Morgan fingerprint density at radius 1 is 0.974 bits per heavy atom. The Hall–Kier alpha value is -4.37. The first-order valence-electron chi connectivity index (χ1n) is 13.0. The van der Waals surface area contributed by atoms with Crippen LogP contribution < -0.4 is 10.1 Å². The van der Waals surface area contributed by atoms with Crippen molar-refractivity contribution < 1.29 is 19.1 Å². The summed E-state index contributed by atoms with van der Waals surface area (Å²) in [7, 11) is 3.33. The molecule has 0 saturated carbocycles. The van der Waals surface area contributed by atoms with Crippen LogP contribution in [0.4, 0.5) is 4.79 Å². The predicted octanol–water partition coefficient (Wildman–Crippen LogP) is 3.57. The molecule has 39 heavy (non-hydrogen) atoms. The molecular weight excluding hydrogens is 494 g/mol. The molecule has 4 amide bonds.